The van der Waals surface area contributed by atoms with Crippen LogP contribution in [-0.4, -0.2) is 51.2 Å². The molecule has 122 valence electrons. The van der Waals surface area contributed by atoms with Crippen LogP contribution < -0.4 is 11.1 Å². The topological polar surface area (TPSA) is 67.6 Å². The number of likely N-dealkylation sites (N-methyl/N-ethyl adjacent to an activating group) is 1. The normalized spacial score (nSPS) is 12.8. The van der Waals surface area contributed by atoms with Crippen molar-refractivity contribution in [2.45, 2.75) is 12.1 Å². The van der Waals surface area contributed by atoms with E-state index in [4.69, 9.17) is 10.5 Å². The zero-order valence-electron chi connectivity index (χ0n) is 12.6. The Morgan fingerprint density at radius 1 is 1.29 bits per heavy atom. The van der Waals surface area contributed by atoms with Crippen LogP contribution >= 0.6 is 24.8 Å². The molecule has 3 N–H and O–H groups in total. The summed E-state index contributed by atoms with van der Waals surface area (Å²) in [6.45, 7) is 0.747. The summed E-state index contributed by atoms with van der Waals surface area (Å²) in [6.07, 6.45) is 0. The average Bonchev–Trinajstić information content (AvgIpc) is 2.39. The van der Waals surface area contributed by atoms with Crippen molar-refractivity contribution in [1.82, 2.24) is 10.2 Å². The molecule has 0 aliphatic heterocycles. The van der Waals surface area contributed by atoms with Gasteiger partial charge in [-0.15, -0.1) is 24.8 Å². The molecule has 2 unspecified atom stereocenters. The van der Waals surface area contributed by atoms with Crippen LogP contribution in [0.1, 0.15) is 11.6 Å². The average molecular weight is 338 g/mol. The second kappa shape index (κ2) is 11.8. The lowest BCUT2D eigenvalue weighted by Gasteiger charge is -2.25. The fraction of sp³-hybridized carbons (Fsp3) is 0.500. The first kappa shape index (κ1) is 22.4. The summed E-state index contributed by atoms with van der Waals surface area (Å²) < 4.78 is 4.87. The first-order valence-corrected chi connectivity index (χ1v) is 6.30. The predicted octanol–water partition coefficient (Wildman–Crippen LogP) is 1.22. The minimum absolute atomic E-state index is 0. The third-order valence-corrected chi connectivity index (χ3v) is 2.96. The van der Waals surface area contributed by atoms with Crippen molar-refractivity contribution in [3.63, 3.8) is 0 Å². The Hall–Kier alpha value is -0.850. The maximum Gasteiger partial charge on any atom is 0.239 e. The largest absolute Gasteiger partial charge is 0.383 e. The van der Waals surface area contributed by atoms with Gasteiger partial charge in [-0.3, -0.25) is 4.79 Å². The van der Waals surface area contributed by atoms with E-state index in [0.29, 0.717) is 6.54 Å². The van der Waals surface area contributed by atoms with E-state index in [2.05, 4.69) is 10.2 Å². The lowest BCUT2D eigenvalue weighted by atomic mass is 10.1. The lowest BCUT2D eigenvalue weighted by Crippen LogP contribution is -2.45. The van der Waals surface area contributed by atoms with Crippen molar-refractivity contribution in [1.29, 1.82) is 0 Å². The Morgan fingerprint density at radius 2 is 1.86 bits per heavy atom. The summed E-state index contributed by atoms with van der Waals surface area (Å²) in [4.78, 5) is 13.8. The van der Waals surface area contributed by atoms with E-state index < -0.39 is 6.04 Å². The molecule has 1 rings (SSSR count). The summed E-state index contributed by atoms with van der Waals surface area (Å²) >= 11 is 0. The first-order chi connectivity index (χ1) is 9.06. The maximum absolute atomic E-state index is 11.8. The number of carbonyl (C=O) groups is 1. The van der Waals surface area contributed by atoms with E-state index in [9.17, 15) is 4.79 Å². The molecule has 0 radical (unpaired) electrons. The van der Waals surface area contributed by atoms with Crippen LogP contribution in [0.2, 0.25) is 0 Å². The number of rotatable bonds is 7. The van der Waals surface area contributed by atoms with Gasteiger partial charge in [0.05, 0.1) is 12.6 Å². The van der Waals surface area contributed by atoms with Gasteiger partial charge in [-0.05, 0) is 19.7 Å². The van der Waals surface area contributed by atoms with Gasteiger partial charge in [0.2, 0.25) is 5.91 Å². The van der Waals surface area contributed by atoms with Gasteiger partial charge < -0.3 is 20.7 Å². The molecule has 0 bridgehead atoms. The highest BCUT2D eigenvalue weighted by molar-refractivity contribution is 5.85. The van der Waals surface area contributed by atoms with E-state index in [-0.39, 0.29) is 43.4 Å². The Balaban J connectivity index is 0. The standard InChI is InChI=1S/C14H23N3O2.2ClH/c1-17(2)13(11-7-5-4-6-8-11)9-16-14(18)12(15)10-19-3;;/h4-8,12-13H,9-10,15H2,1-3H3,(H,16,18);2*1H. The molecule has 1 aromatic carbocycles. The molecule has 0 aromatic heterocycles. The van der Waals surface area contributed by atoms with Crippen LogP contribution in [0, 0.1) is 0 Å². The third-order valence-electron chi connectivity index (χ3n) is 2.96. The Kier molecular flexibility index (Phi) is 12.6. The predicted molar refractivity (Wildman–Crippen MR) is 90.2 cm³/mol. The van der Waals surface area contributed by atoms with Gasteiger partial charge in [-0.2, -0.15) is 0 Å². The van der Waals surface area contributed by atoms with Crippen molar-refractivity contribution < 1.29 is 9.53 Å². The molecule has 0 saturated carbocycles. The lowest BCUT2D eigenvalue weighted by molar-refractivity contribution is -0.123. The van der Waals surface area contributed by atoms with Gasteiger partial charge in [-0.1, -0.05) is 30.3 Å². The summed E-state index contributed by atoms with van der Waals surface area (Å²) in [5.74, 6) is -0.190. The zero-order valence-corrected chi connectivity index (χ0v) is 14.2. The molecule has 0 fully saturated rings. The first-order valence-electron chi connectivity index (χ1n) is 6.30. The highest BCUT2D eigenvalue weighted by Crippen LogP contribution is 2.16. The van der Waals surface area contributed by atoms with Crippen LogP contribution in [0.5, 0.6) is 0 Å². The van der Waals surface area contributed by atoms with Crippen molar-refractivity contribution in [2.24, 2.45) is 5.73 Å². The minimum Gasteiger partial charge on any atom is -0.383 e. The Labute approximate surface area is 139 Å². The summed E-state index contributed by atoms with van der Waals surface area (Å²) in [5, 5.41) is 2.86. The number of amides is 1. The van der Waals surface area contributed by atoms with E-state index in [1.54, 1.807) is 0 Å². The molecule has 0 aliphatic rings. The van der Waals surface area contributed by atoms with Gasteiger partial charge in [0.1, 0.15) is 6.04 Å². The fourth-order valence-corrected chi connectivity index (χ4v) is 1.86. The molecule has 2 atom stereocenters. The van der Waals surface area contributed by atoms with Gasteiger partial charge in [0.15, 0.2) is 0 Å². The van der Waals surface area contributed by atoms with E-state index in [0.717, 1.165) is 5.56 Å². The smallest absolute Gasteiger partial charge is 0.239 e. The van der Waals surface area contributed by atoms with Crippen LogP contribution in [0.25, 0.3) is 0 Å². The quantitative estimate of drug-likeness (QED) is 0.785. The third kappa shape index (κ3) is 7.64. The van der Waals surface area contributed by atoms with Crippen LogP contribution in [0.15, 0.2) is 30.3 Å². The maximum atomic E-state index is 11.8. The van der Waals surface area contributed by atoms with Crippen molar-refractivity contribution >= 4 is 30.7 Å². The molecular formula is C14H25Cl2N3O2. The van der Waals surface area contributed by atoms with Gasteiger partial charge in [0, 0.05) is 13.7 Å². The summed E-state index contributed by atoms with van der Waals surface area (Å²) in [6, 6.07) is 9.55. The van der Waals surface area contributed by atoms with Crippen molar-refractivity contribution in [3.05, 3.63) is 35.9 Å². The number of nitrogens with zero attached hydrogens (tertiary/aromatic N) is 1. The molecule has 0 heterocycles. The molecule has 0 spiro atoms. The molecule has 5 nitrogen and oxygen atoms in total. The molecular weight excluding hydrogens is 313 g/mol. The number of hydrogen-bond donors (Lipinski definition) is 2. The van der Waals surface area contributed by atoms with E-state index >= 15 is 0 Å². The number of methoxy groups -OCH3 is 1. The second-order valence-corrected chi connectivity index (χ2v) is 4.70. The zero-order chi connectivity index (χ0) is 14.3. The molecule has 0 aliphatic carbocycles. The number of nitrogens with two attached hydrogens (primary N) is 1. The Morgan fingerprint density at radius 3 is 2.33 bits per heavy atom. The van der Waals surface area contributed by atoms with Crippen LogP contribution in [0.3, 0.4) is 0 Å². The second-order valence-electron chi connectivity index (χ2n) is 4.70. The minimum atomic E-state index is -0.622. The molecule has 1 aromatic rings. The number of carbonyl (C=O) groups excluding carboxylic acids is 1. The highest BCUT2D eigenvalue weighted by atomic mass is 35.5. The number of hydrogen-bond acceptors (Lipinski definition) is 4. The fourth-order valence-electron chi connectivity index (χ4n) is 1.86. The van der Waals surface area contributed by atoms with Crippen LogP contribution in [0.4, 0.5) is 0 Å². The van der Waals surface area contributed by atoms with Crippen molar-refractivity contribution in [3.8, 4) is 0 Å². The van der Waals surface area contributed by atoms with Gasteiger partial charge in [0.25, 0.3) is 0 Å². The van der Waals surface area contributed by atoms with E-state index in [1.807, 2.05) is 44.4 Å². The van der Waals surface area contributed by atoms with E-state index in [1.165, 1.54) is 7.11 Å². The number of benzene rings is 1. The summed E-state index contributed by atoms with van der Waals surface area (Å²) in [7, 11) is 5.50. The van der Waals surface area contributed by atoms with Crippen molar-refractivity contribution in [2.75, 3.05) is 34.4 Å². The monoisotopic (exact) mass is 337 g/mol. The number of ether oxygens (including phenoxy) is 1. The SMILES string of the molecule is COCC(N)C(=O)NCC(c1ccccc1)N(C)C.Cl.Cl. The molecule has 0 saturated heterocycles. The highest BCUT2D eigenvalue weighted by Gasteiger charge is 2.17. The van der Waals surface area contributed by atoms with Crippen LogP contribution in [-0.2, 0) is 9.53 Å². The number of nitrogens with one attached hydrogen (secondary N) is 1. The molecule has 7 heteroatoms. The Bertz CT molecular complexity index is 391. The summed E-state index contributed by atoms with van der Waals surface area (Å²) in [5.41, 5.74) is 6.84. The van der Waals surface area contributed by atoms with Gasteiger partial charge in [-0.25, -0.2) is 0 Å². The number of halogens is 2. The van der Waals surface area contributed by atoms with Gasteiger partial charge >= 0.3 is 0 Å². The molecule has 21 heavy (non-hydrogen) atoms. The molecule has 1 amide bonds.